The Balaban J connectivity index is 3.61. The molecular weight excluding hydrogens is 282 g/mol. The van der Waals surface area contributed by atoms with E-state index in [1.54, 1.807) is 6.07 Å². The third-order valence-electron chi connectivity index (χ3n) is 1.73. The Hall–Kier alpha value is -0.370. The fraction of sp³-hybridized carbons (Fsp3) is 0.125. The molecule has 0 amide bonds. The fourth-order valence-corrected chi connectivity index (χ4v) is 2.06. The van der Waals surface area contributed by atoms with Crippen molar-refractivity contribution in [2.24, 2.45) is 0 Å². The van der Waals surface area contributed by atoms with Gasteiger partial charge in [0.1, 0.15) is 0 Å². The molecule has 15 heavy (non-hydrogen) atoms. The molecule has 1 rings (SSSR count). The number of aliphatic hydroxyl groups is 1. The highest BCUT2D eigenvalue weighted by atomic mass is 35.5. The Morgan fingerprint density at radius 3 is 1.80 bits per heavy atom. The lowest BCUT2D eigenvalue weighted by Gasteiger charge is -2.13. The van der Waals surface area contributed by atoms with Crippen molar-refractivity contribution in [3.63, 3.8) is 0 Å². The summed E-state index contributed by atoms with van der Waals surface area (Å²) in [5, 5.41) is 17.7. The van der Waals surface area contributed by atoms with Gasteiger partial charge >= 0.3 is 0 Å². The maximum absolute atomic E-state index is 9.34. The minimum absolute atomic E-state index is 0.0159. The second-order valence-corrected chi connectivity index (χ2v) is 4.13. The molecule has 1 atom stereocenters. The number of hydrogen-bond acceptors (Lipinski definition) is 3. The van der Waals surface area contributed by atoms with Crippen molar-refractivity contribution in [1.29, 1.82) is 5.26 Å². The van der Waals surface area contributed by atoms with Crippen LogP contribution in [0.1, 0.15) is 11.7 Å². The summed E-state index contributed by atoms with van der Waals surface area (Å²) in [7, 11) is 0. The summed E-state index contributed by atoms with van der Waals surface area (Å²) in [6, 6.07) is 1.57. The van der Waals surface area contributed by atoms with Crippen LogP contribution >= 0.6 is 46.4 Å². The molecule has 0 aliphatic heterocycles. The fourth-order valence-electron chi connectivity index (χ4n) is 0.970. The summed E-state index contributed by atoms with van der Waals surface area (Å²) in [5.74, 6) is 0. The molecule has 1 aromatic rings. The number of nitrogens with two attached hydrogens (primary N) is 1. The molecule has 0 saturated carbocycles. The van der Waals surface area contributed by atoms with Crippen molar-refractivity contribution >= 4 is 52.1 Å². The van der Waals surface area contributed by atoms with E-state index in [0.29, 0.717) is 0 Å². The van der Waals surface area contributed by atoms with Gasteiger partial charge in [-0.25, -0.2) is 0 Å². The van der Waals surface area contributed by atoms with E-state index in [4.69, 9.17) is 57.4 Å². The van der Waals surface area contributed by atoms with Crippen LogP contribution in [0.2, 0.25) is 20.1 Å². The molecule has 0 spiro atoms. The van der Waals surface area contributed by atoms with Gasteiger partial charge in [0.05, 0.1) is 31.8 Å². The Labute approximate surface area is 106 Å². The zero-order valence-electron chi connectivity index (χ0n) is 7.06. The van der Waals surface area contributed by atoms with Gasteiger partial charge in [0.2, 0.25) is 0 Å². The van der Waals surface area contributed by atoms with Crippen molar-refractivity contribution in [2.45, 2.75) is 6.10 Å². The number of rotatable bonds is 1. The molecular formula is C8H4Cl4N2O. The van der Waals surface area contributed by atoms with Crippen LogP contribution in [0.5, 0.6) is 0 Å². The van der Waals surface area contributed by atoms with E-state index in [9.17, 15) is 5.11 Å². The number of aliphatic hydroxyl groups excluding tert-OH is 1. The van der Waals surface area contributed by atoms with Crippen LogP contribution in [-0.2, 0) is 0 Å². The van der Waals surface area contributed by atoms with Gasteiger partial charge in [-0.05, 0) is 0 Å². The van der Waals surface area contributed by atoms with Gasteiger partial charge in [-0.15, -0.1) is 0 Å². The van der Waals surface area contributed by atoms with Crippen LogP contribution in [0.3, 0.4) is 0 Å². The Morgan fingerprint density at radius 2 is 1.47 bits per heavy atom. The predicted molar refractivity (Wildman–Crippen MR) is 61.5 cm³/mol. The summed E-state index contributed by atoms with van der Waals surface area (Å²) >= 11 is 23.0. The zero-order chi connectivity index (χ0) is 11.7. The first-order chi connectivity index (χ1) is 6.91. The Morgan fingerprint density at radius 1 is 1.07 bits per heavy atom. The third kappa shape index (κ3) is 2.10. The molecule has 0 fully saturated rings. The Bertz CT molecular complexity index is 426. The van der Waals surface area contributed by atoms with Crippen LogP contribution in [-0.4, -0.2) is 5.11 Å². The SMILES string of the molecule is N#CC(O)c1c(Cl)c(Cl)c(N)c(Cl)c1Cl. The highest BCUT2D eigenvalue weighted by Gasteiger charge is 2.23. The van der Waals surface area contributed by atoms with Crippen LogP contribution in [0.4, 0.5) is 5.69 Å². The minimum Gasteiger partial charge on any atom is -0.396 e. The number of nitrogen functional groups attached to an aromatic ring is 1. The van der Waals surface area contributed by atoms with Crippen molar-refractivity contribution in [3.05, 3.63) is 25.7 Å². The molecule has 3 N–H and O–H groups in total. The third-order valence-corrected chi connectivity index (χ3v) is 3.49. The summed E-state index contributed by atoms with van der Waals surface area (Å²) in [6.07, 6.45) is -1.50. The molecule has 1 unspecified atom stereocenters. The molecule has 0 radical (unpaired) electrons. The summed E-state index contributed by atoms with van der Waals surface area (Å²) in [5.41, 5.74) is 5.48. The normalized spacial score (nSPS) is 12.3. The van der Waals surface area contributed by atoms with Gasteiger partial charge < -0.3 is 10.8 Å². The first kappa shape index (κ1) is 12.7. The van der Waals surface area contributed by atoms with E-state index in [-0.39, 0.29) is 31.3 Å². The number of nitriles is 1. The minimum atomic E-state index is -1.50. The number of halogens is 4. The molecule has 1 aromatic carbocycles. The lowest BCUT2D eigenvalue weighted by Crippen LogP contribution is -2.00. The first-order valence-corrected chi connectivity index (χ1v) is 5.12. The van der Waals surface area contributed by atoms with Crippen LogP contribution in [0.25, 0.3) is 0 Å². The maximum Gasteiger partial charge on any atom is 0.168 e. The summed E-state index contributed by atoms with van der Waals surface area (Å²) < 4.78 is 0. The van der Waals surface area contributed by atoms with Crippen LogP contribution < -0.4 is 5.73 Å². The van der Waals surface area contributed by atoms with Crippen LogP contribution in [0.15, 0.2) is 0 Å². The molecule has 3 nitrogen and oxygen atoms in total. The van der Waals surface area contributed by atoms with E-state index in [1.165, 1.54) is 0 Å². The lowest BCUT2D eigenvalue weighted by molar-refractivity contribution is 0.236. The molecule has 0 saturated heterocycles. The standard InChI is InChI=1S/C8H4Cl4N2O/c9-4-3(2(15)1-13)5(10)7(12)8(14)6(4)11/h2,15H,14H2. The largest absolute Gasteiger partial charge is 0.396 e. The first-order valence-electron chi connectivity index (χ1n) is 3.60. The molecule has 80 valence electrons. The molecule has 0 aliphatic carbocycles. The molecule has 7 heteroatoms. The second-order valence-electron chi connectivity index (χ2n) is 2.61. The van der Waals surface area contributed by atoms with Gasteiger partial charge in [-0.3, -0.25) is 0 Å². The van der Waals surface area contributed by atoms with Gasteiger partial charge in [0, 0.05) is 5.56 Å². The quantitative estimate of drug-likeness (QED) is 0.472. The van der Waals surface area contributed by atoms with Crippen molar-refractivity contribution in [2.75, 3.05) is 5.73 Å². The van der Waals surface area contributed by atoms with Gasteiger partial charge in [-0.1, -0.05) is 46.4 Å². The molecule has 0 aliphatic rings. The number of anilines is 1. The second kappa shape index (κ2) is 4.65. The van der Waals surface area contributed by atoms with E-state index in [2.05, 4.69) is 0 Å². The average molecular weight is 286 g/mol. The lowest BCUT2D eigenvalue weighted by atomic mass is 10.1. The topological polar surface area (TPSA) is 70.0 Å². The predicted octanol–water partition coefficient (Wildman–Crippen LogP) is 3.44. The zero-order valence-corrected chi connectivity index (χ0v) is 10.1. The molecule has 0 aromatic heterocycles. The van der Waals surface area contributed by atoms with E-state index >= 15 is 0 Å². The van der Waals surface area contributed by atoms with E-state index in [1.807, 2.05) is 0 Å². The van der Waals surface area contributed by atoms with Gasteiger partial charge in [0.15, 0.2) is 6.10 Å². The summed E-state index contributed by atoms with van der Waals surface area (Å²) in [4.78, 5) is 0. The van der Waals surface area contributed by atoms with E-state index < -0.39 is 6.10 Å². The number of nitrogens with zero attached hydrogens (tertiary/aromatic N) is 1. The molecule has 0 heterocycles. The number of benzene rings is 1. The smallest absolute Gasteiger partial charge is 0.168 e. The van der Waals surface area contributed by atoms with Crippen molar-refractivity contribution in [3.8, 4) is 6.07 Å². The monoisotopic (exact) mass is 284 g/mol. The van der Waals surface area contributed by atoms with Gasteiger partial charge in [0.25, 0.3) is 0 Å². The van der Waals surface area contributed by atoms with Crippen molar-refractivity contribution in [1.82, 2.24) is 0 Å². The Kier molecular flexibility index (Phi) is 3.93. The highest BCUT2D eigenvalue weighted by molar-refractivity contribution is 6.50. The van der Waals surface area contributed by atoms with Gasteiger partial charge in [-0.2, -0.15) is 5.26 Å². The van der Waals surface area contributed by atoms with Crippen molar-refractivity contribution < 1.29 is 5.11 Å². The highest BCUT2D eigenvalue weighted by Crippen LogP contribution is 2.44. The van der Waals surface area contributed by atoms with Crippen LogP contribution in [0, 0.1) is 11.3 Å². The maximum atomic E-state index is 9.34. The summed E-state index contributed by atoms with van der Waals surface area (Å²) in [6.45, 7) is 0. The van der Waals surface area contributed by atoms with E-state index in [0.717, 1.165) is 0 Å². The molecule has 0 bridgehead atoms. The number of hydrogen-bond donors (Lipinski definition) is 2. The average Bonchev–Trinajstić information content (AvgIpc) is 2.23.